The van der Waals surface area contributed by atoms with Gasteiger partial charge in [0.2, 0.25) is 0 Å². The molecule has 0 saturated carbocycles. The van der Waals surface area contributed by atoms with E-state index < -0.39 is 5.97 Å². The van der Waals surface area contributed by atoms with Crippen molar-refractivity contribution in [1.82, 2.24) is 0 Å². The summed E-state index contributed by atoms with van der Waals surface area (Å²) < 4.78 is 19.1. The van der Waals surface area contributed by atoms with Crippen molar-refractivity contribution >= 4 is 15.9 Å². The third-order valence-corrected chi connectivity index (χ3v) is 4.67. The second-order valence-corrected chi connectivity index (χ2v) is 6.44. The van der Waals surface area contributed by atoms with Crippen LogP contribution in [0.4, 0.5) is 0 Å². The molecule has 0 amide bonds. The lowest BCUT2D eigenvalue weighted by atomic mass is 9.77. The largest absolute Gasteiger partial charge is 0.323 e. The van der Waals surface area contributed by atoms with Crippen LogP contribution in [0.25, 0.3) is 0 Å². The van der Waals surface area contributed by atoms with Gasteiger partial charge in [-0.3, -0.25) is 0 Å². The van der Waals surface area contributed by atoms with Crippen molar-refractivity contribution in [2.45, 2.75) is 31.8 Å². The van der Waals surface area contributed by atoms with Crippen LogP contribution in [0.15, 0.2) is 41.4 Å². The van der Waals surface area contributed by atoms with E-state index in [1.54, 1.807) is 0 Å². The molecule has 3 aliphatic rings. The van der Waals surface area contributed by atoms with Crippen LogP contribution in [0.2, 0.25) is 0 Å². The fraction of sp³-hybridized carbons (Fsp3) is 0.500. The van der Waals surface area contributed by atoms with E-state index in [1.807, 2.05) is 30.3 Å². The van der Waals surface area contributed by atoms with Crippen molar-refractivity contribution in [1.29, 1.82) is 0 Å². The number of rotatable bonds is 4. The highest BCUT2D eigenvalue weighted by molar-refractivity contribution is 9.10. The lowest BCUT2D eigenvalue weighted by molar-refractivity contribution is -0.494. The van der Waals surface area contributed by atoms with Crippen LogP contribution in [0.1, 0.15) is 25.3 Å². The predicted octanol–water partition coefficient (Wildman–Crippen LogP) is 3.98. The molecule has 0 N–H and O–H groups in total. The second kappa shape index (κ2) is 5.26. The Balaban J connectivity index is 1.91. The minimum Gasteiger partial charge on any atom is -0.323 e. The second-order valence-electron chi connectivity index (χ2n) is 5.53. The SMILES string of the molecule is C=CC1OC2(c3ccc(Br)cc3)OCC1(CCC)CO2. The highest BCUT2D eigenvalue weighted by Crippen LogP contribution is 2.50. The van der Waals surface area contributed by atoms with E-state index in [9.17, 15) is 0 Å². The number of hydrogen-bond acceptors (Lipinski definition) is 3. The zero-order chi connectivity index (χ0) is 14.2. The maximum Gasteiger partial charge on any atom is 0.312 e. The van der Waals surface area contributed by atoms with Gasteiger partial charge in [-0.1, -0.05) is 35.4 Å². The van der Waals surface area contributed by atoms with Crippen LogP contribution >= 0.6 is 15.9 Å². The Hall–Kier alpha value is -0.680. The summed E-state index contributed by atoms with van der Waals surface area (Å²) in [6, 6.07) is 7.85. The molecule has 4 rings (SSSR count). The Morgan fingerprint density at radius 2 is 1.95 bits per heavy atom. The Morgan fingerprint density at radius 1 is 1.30 bits per heavy atom. The Kier molecular flexibility index (Phi) is 3.75. The van der Waals surface area contributed by atoms with Crippen molar-refractivity contribution in [2.24, 2.45) is 5.41 Å². The van der Waals surface area contributed by atoms with E-state index in [0.717, 1.165) is 22.9 Å². The van der Waals surface area contributed by atoms with Gasteiger partial charge in [0.15, 0.2) is 0 Å². The van der Waals surface area contributed by atoms with Gasteiger partial charge in [0.1, 0.15) is 0 Å². The topological polar surface area (TPSA) is 27.7 Å². The molecule has 1 aromatic rings. The van der Waals surface area contributed by atoms with Gasteiger partial charge in [0, 0.05) is 15.5 Å². The number of halogens is 1. The molecule has 3 aliphatic heterocycles. The first-order valence-electron chi connectivity index (χ1n) is 6.98. The van der Waals surface area contributed by atoms with Crippen LogP contribution in [-0.4, -0.2) is 19.3 Å². The van der Waals surface area contributed by atoms with Crippen LogP contribution in [0, 0.1) is 5.41 Å². The van der Waals surface area contributed by atoms with Gasteiger partial charge < -0.3 is 14.2 Å². The first-order valence-corrected chi connectivity index (χ1v) is 7.78. The summed E-state index contributed by atoms with van der Waals surface area (Å²) in [6.45, 7) is 7.39. The van der Waals surface area contributed by atoms with Gasteiger partial charge in [-0.2, -0.15) is 0 Å². The summed E-state index contributed by atoms with van der Waals surface area (Å²) in [7, 11) is 0. The highest BCUT2D eigenvalue weighted by Gasteiger charge is 2.57. The van der Waals surface area contributed by atoms with Gasteiger partial charge >= 0.3 is 5.97 Å². The van der Waals surface area contributed by atoms with Gasteiger partial charge in [-0.15, -0.1) is 6.58 Å². The molecule has 3 fully saturated rings. The molecule has 20 heavy (non-hydrogen) atoms. The number of fused-ring (bicyclic) bond motifs is 3. The summed E-state index contributed by atoms with van der Waals surface area (Å²) >= 11 is 3.43. The zero-order valence-electron chi connectivity index (χ0n) is 11.6. The maximum absolute atomic E-state index is 6.13. The van der Waals surface area contributed by atoms with Crippen molar-refractivity contribution in [3.05, 3.63) is 47.0 Å². The van der Waals surface area contributed by atoms with Gasteiger partial charge in [0.25, 0.3) is 0 Å². The molecular formula is C16H19BrO3. The smallest absolute Gasteiger partial charge is 0.312 e. The molecule has 3 nitrogen and oxygen atoms in total. The minimum absolute atomic E-state index is 0.0337. The summed E-state index contributed by atoms with van der Waals surface area (Å²) in [5.74, 6) is -1.07. The first kappa shape index (κ1) is 14.3. The third kappa shape index (κ3) is 2.15. The summed E-state index contributed by atoms with van der Waals surface area (Å²) in [6.07, 6.45) is 3.94. The molecule has 0 spiro atoms. The number of ether oxygens (including phenoxy) is 3. The van der Waals surface area contributed by atoms with Crippen LogP contribution in [-0.2, 0) is 20.2 Å². The van der Waals surface area contributed by atoms with E-state index in [4.69, 9.17) is 14.2 Å². The summed E-state index contributed by atoms with van der Waals surface area (Å²) in [5, 5.41) is 0. The average molecular weight is 339 g/mol. The molecule has 2 bridgehead atoms. The highest BCUT2D eigenvalue weighted by atomic mass is 79.9. The number of benzene rings is 1. The van der Waals surface area contributed by atoms with Gasteiger partial charge in [-0.25, -0.2) is 0 Å². The van der Waals surface area contributed by atoms with Crippen LogP contribution in [0.3, 0.4) is 0 Å². The van der Waals surface area contributed by atoms with Crippen molar-refractivity contribution in [3.8, 4) is 0 Å². The lowest BCUT2D eigenvalue weighted by Crippen LogP contribution is -2.62. The van der Waals surface area contributed by atoms with Crippen molar-refractivity contribution < 1.29 is 14.2 Å². The van der Waals surface area contributed by atoms with Gasteiger partial charge in [0.05, 0.1) is 19.3 Å². The predicted molar refractivity (Wildman–Crippen MR) is 80.1 cm³/mol. The van der Waals surface area contributed by atoms with E-state index in [1.165, 1.54) is 0 Å². The average Bonchev–Trinajstić information content (AvgIpc) is 2.49. The van der Waals surface area contributed by atoms with Crippen LogP contribution < -0.4 is 0 Å². The molecular weight excluding hydrogens is 320 g/mol. The van der Waals surface area contributed by atoms with E-state index in [-0.39, 0.29) is 11.5 Å². The minimum atomic E-state index is -1.07. The van der Waals surface area contributed by atoms with Crippen molar-refractivity contribution in [2.75, 3.05) is 13.2 Å². The third-order valence-electron chi connectivity index (χ3n) is 4.14. The fourth-order valence-corrected chi connectivity index (χ4v) is 3.32. The Bertz CT molecular complexity index is 489. The summed E-state index contributed by atoms with van der Waals surface area (Å²) in [4.78, 5) is 0. The molecule has 0 radical (unpaired) electrons. The van der Waals surface area contributed by atoms with Crippen molar-refractivity contribution in [3.63, 3.8) is 0 Å². The Morgan fingerprint density at radius 3 is 2.50 bits per heavy atom. The molecule has 0 aliphatic carbocycles. The monoisotopic (exact) mass is 338 g/mol. The molecule has 4 heteroatoms. The maximum atomic E-state index is 6.13. The molecule has 3 heterocycles. The van der Waals surface area contributed by atoms with Gasteiger partial charge in [-0.05, 0) is 30.7 Å². The first-order chi connectivity index (χ1) is 9.64. The van der Waals surface area contributed by atoms with Crippen LogP contribution in [0.5, 0.6) is 0 Å². The molecule has 0 aromatic heterocycles. The molecule has 1 unspecified atom stereocenters. The normalized spacial score (nSPS) is 36.0. The quantitative estimate of drug-likeness (QED) is 0.777. The molecule has 1 aromatic carbocycles. The number of hydrogen-bond donors (Lipinski definition) is 0. The van der Waals surface area contributed by atoms with E-state index >= 15 is 0 Å². The lowest BCUT2D eigenvalue weighted by Gasteiger charge is -2.55. The molecule has 1 atom stereocenters. The Labute approximate surface area is 128 Å². The van der Waals surface area contributed by atoms with E-state index in [2.05, 4.69) is 29.4 Å². The fourth-order valence-electron chi connectivity index (χ4n) is 3.06. The molecule has 3 saturated heterocycles. The molecule has 108 valence electrons. The zero-order valence-corrected chi connectivity index (χ0v) is 13.2. The van der Waals surface area contributed by atoms with E-state index in [0.29, 0.717) is 13.2 Å². The standard InChI is InChI=1S/C16H19BrO3/c1-3-9-15-10-18-16(19-11-15,20-14(15)4-2)12-5-7-13(17)8-6-12/h4-8,14H,2-3,9-11H2,1H3. The summed E-state index contributed by atoms with van der Waals surface area (Å²) in [5.41, 5.74) is 0.797.